The van der Waals surface area contributed by atoms with Gasteiger partial charge >= 0.3 is 11.9 Å². The maximum Gasteiger partial charge on any atom is 0.414 e. The van der Waals surface area contributed by atoms with E-state index in [2.05, 4.69) is 43.9 Å². The molecule has 0 aliphatic carbocycles. The van der Waals surface area contributed by atoms with Crippen molar-refractivity contribution in [2.75, 3.05) is 26.2 Å². The summed E-state index contributed by atoms with van der Waals surface area (Å²) in [6, 6.07) is 6.42. The Kier molecular flexibility index (Phi) is 10.5. The van der Waals surface area contributed by atoms with E-state index in [1.807, 2.05) is 0 Å². The molecule has 2 rings (SSSR count). The zero-order valence-electron chi connectivity index (χ0n) is 16.7. The molecule has 0 spiro atoms. The van der Waals surface area contributed by atoms with Crippen LogP contribution in [0.1, 0.15) is 50.2 Å². The number of hydrogen-bond acceptors (Lipinski definition) is 4. The first-order valence-electron chi connectivity index (χ1n) is 9.68. The van der Waals surface area contributed by atoms with Gasteiger partial charge in [-0.05, 0) is 88.7 Å². The standard InChI is InChI=1S/C19H31NO.C2H2O4/c1-16-9-12-20(13-10-16)11-5-4-6-14-21-19-15-17(2)7-8-18(19)3;3-1(4)2(5)6/h7-8,15-16H,4-6,9-14H2,1-3H3;(H,3,4)(H,5,6). The van der Waals surface area contributed by atoms with Gasteiger partial charge in [0.25, 0.3) is 0 Å². The first kappa shape index (κ1) is 23.0. The zero-order valence-corrected chi connectivity index (χ0v) is 16.7. The van der Waals surface area contributed by atoms with E-state index in [9.17, 15) is 0 Å². The summed E-state index contributed by atoms with van der Waals surface area (Å²) in [5.41, 5.74) is 2.51. The average Bonchev–Trinajstić information content (AvgIpc) is 2.62. The van der Waals surface area contributed by atoms with Crippen molar-refractivity contribution in [3.63, 3.8) is 0 Å². The van der Waals surface area contributed by atoms with E-state index >= 15 is 0 Å². The van der Waals surface area contributed by atoms with Crippen molar-refractivity contribution >= 4 is 11.9 Å². The minimum atomic E-state index is -1.82. The summed E-state index contributed by atoms with van der Waals surface area (Å²) in [4.78, 5) is 20.8. The van der Waals surface area contributed by atoms with Crippen molar-refractivity contribution in [2.45, 2.75) is 52.9 Å². The molecule has 1 heterocycles. The molecule has 1 saturated heterocycles. The third kappa shape index (κ3) is 9.99. The Balaban J connectivity index is 0.000000527. The van der Waals surface area contributed by atoms with E-state index in [0.29, 0.717) is 0 Å². The number of nitrogens with zero attached hydrogens (tertiary/aromatic N) is 1. The molecule has 0 unspecified atom stereocenters. The third-order valence-corrected chi connectivity index (χ3v) is 4.78. The van der Waals surface area contributed by atoms with Crippen molar-refractivity contribution in [3.05, 3.63) is 29.3 Å². The summed E-state index contributed by atoms with van der Waals surface area (Å²) >= 11 is 0. The predicted octanol–water partition coefficient (Wildman–Crippen LogP) is 3.74. The number of carboxylic acid groups (broad SMARTS) is 2. The Bertz CT molecular complexity index is 582. The van der Waals surface area contributed by atoms with Crippen LogP contribution in [0, 0.1) is 19.8 Å². The summed E-state index contributed by atoms with van der Waals surface area (Å²) in [7, 11) is 0. The van der Waals surface area contributed by atoms with Crippen LogP contribution in [0.5, 0.6) is 5.75 Å². The van der Waals surface area contributed by atoms with E-state index in [-0.39, 0.29) is 0 Å². The van der Waals surface area contributed by atoms with Gasteiger partial charge in [-0.3, -0.25) is 0 Å². The highest BCUT2D eigenvalue weighted by atomic mass is 16.5. The fourth-order valence-corrected chi connectivity index (χ4v) is 2.94. The molecule has 6 heteroatoms. The zero-order chi connectivity index (χ0) is 20.2. The van der Waals surface area contributed by atoms with Crippen LogP contribution in [0.2, 0.25) is 0 Å². The summed E-state index contributed by atoms with van der Waals surface area (Å²) < 4.78 is 5.91. The number of benzene rings is 1. The molecule has 0 atom stereocenters. The first-order valence-corrected chi connectivity index (χ1v) is 9.68. The molecule has 152 valence electrons. The second-order valence-electron chi connectivity index (χ2n) is 7.31. The van der Waals surface area contributed by atoms with Crippen LogP contribution < -0.4 is 4.74 Å². The van der Waals surface area contributed by atoms with E-state index in [4.69, 9.17) is 24.5 Å². The van der Waals surface area contributed by atoms with Crippen molar-refractivity contribution in [1.29, 1.82) is 0 Å². The average molecular weight is 379 g/mol. The Hall–Kier alpha value is -2.08. The molecule has 1 aromatic carbocycles. The van der Waals surface area contributed by atoms with Crippen LogP contribution in [0.25, 0.3) is 0 Å². The van der Waals surface area contributed by atoms with Crippen LogP contribution in [0.4, 0.5) is 0 Å². The minimum Gasteiger partial charge on any atom is -0.493 e. The van der Waals surface area contributed by atoms with Crippen molar-refractivity contribution < 1.29 is 24.5 Å². The van der Waals surface area contributed by atoms with Gasteiger partial charge < -0.3 is 19.8 Å². The quantitative estimate of drug-likeness (QED) is 0.554. The highest BCUT2D eigenvalue weighted by molar-refractivity contribution is 6.27. The molecular weight excluding hydrogens is 346 g/mol. The van der Waals surface area contributed by atoms with E-state index in [1.54, 1.807) is 0 Å². The second kappa shape index (κ2) is 12.3. The van der Waals surface area contributed by atoms with Gasteiger partial charge in [-0.2, -0.15) is 0 Å². The summed E-state index contributed by atoms with van der Waals surface area (Å²) in [5.74, 6) is -1.66. The molecule has 1 aromatic rings. The molecule has 6 nitrogen and oxygen atoms in total. The van der Waals surface area contributed by atoms with E-state index < -0.39 is 11.9 Å². The number of carbonyl (C=O) groups is 2. The van der Waals surface area contributed by atoms with Crippen LogP contribution >= 0.6 is 0 Å². The summed E-state index contributed by atoms with van der Waals surface area (Å²) in [6.45, 7) is 11.3. The number of ether oxygens (including phenoxy) is 1. The lowest BCUT2D eigenvalue weighted by molar-refractivity contribution is -0.159. The van der Waals surface area contributed by atoms with Gasteiger partial charge in [-0.15, -0.1) is 0 Å². The van der Waals surface area contributed by atoms with Gasteiger partial charge in [-0.1, -0.05) is 19.1 Å². The van der Waals surface area contributed by atoms with Gasteiger partial charge in [0.2, 0.25) is 0 Å². The smallest absolute Gasteiger partial charge is 0.414 e. The minimum absolute atomic E-state index is 0.849. The molecule has 0 bridgehead atoms. The Labute approximate surface area is 162 Å². The number of aliphatic carboxylic acids is 2. The fourth-order valence-electron chi connectivity index (χ4n) is 2.94. The molecule has 0 saturated carbocycles. The molecule has 1 aliphatic heterocycles. The molecule has 27 heavy (non-hydrogen) atoms. The predicted molar refractivity (Wildman–Crippen MR) is 105 cm³/mol. The van der Waals surface area contributed by atoms with Crippen LogP contribution in [-0.2, 0) is 9.59 Å². The highest BCUT2D eigenvalue weighted by Gasteiger charge is 2.14. The topological polar surface area (TPSA) is 87.1 Å². The third-order valence-electron chi connectivity index (χ3n) is 4.78. The van der Waals surface area contributed by atoms with Crippen molar-refractivity contribution in [2.24, 2.45) is 5.92 Å². The van der Waals surface area contributed by atoms with Gasteiger partial charge in [0, 0.05) is 0 Å². The van der Waals surface area contributed by atoms with Gasteiger partial charge in [-0.25, -0.2) is 9.59 Å². The Morgan fingerprint density at radius 2 is 1.70 bits per heavy atom. The molecule has 2 N–H and O–H groups in total. The van der Waals surface area contributed by atoms with Gasteiger partial charge in [0.15, 0.2) is 0 Å². The van der Waals surface area contributed by atoms with Crippen molar-refractivity contribution in [1.82, 2.24) is 4.90 Å². The molecule has 0 aromatic heterocycles. The normalized spacial score (nSPS) is 14.9. The summed E-state index contributed by atoms with van der Waals surface area (Å²) in [5, 5.41) is 14.8. The lowest BCUT2D eigenvalue weighted by Crippen LogP contribution is -2.33. The number of carboxylic acids is 2. The molecule has 0 radical (unpaired) electrons. The number of unbranched alkanes of at least 4 members (excludes halogenated alkanes) is 2. The second-order valence-corrected chi connectivity index (χ2v) is 7.31. The maximum atomic E-state index is 9.10. The highest BCUT2D eigenvalue weighted by Crippen LogP contribution is 2.20. The Morgan fingerprint density at radius 3 is 2.30 bits per heavy atom. The maximum absolute atomic E-state index is 9.10. The lowest BCUT2D eigenvalue weighted by Gasteiger charge is -2.30. The number of rotatable bonds is 7. The van der Waals surface area contributed by atoms with Crippen molar-refractivity contribution in [3.8, 4) is 5.75 Å². The molecule has 1 aliphatic rings. The molecule has 0 amide bonds. The number of likely N-dealkylation sites (tertiary alicyclic amines) is 1. The fraction of sp³-hybridized carbons (Fsp3) is 0.619. The van der Waals surface area contributed by atoms with E-state index in [1.165, 1.54) is 56.4 Å². The van der Waals surface area contributed by atoms with Gasteiger partial charge in [0.1, 0.15) is 5.75 Å². The number of piperidine rings is 1. The SMILES string of the molecule is Cc1ccc(C)c(OCCCCCN2CCC(C)CC2)c1.O=C(O)C(=O)O. The molecular formula is C21H33NO5. The van der Waals surface area contributed by atoms with Gasteiger partial charge in [0.05, 0.1) is 6.61 Å². The number of aryl methyl sites for hydroxylation is 2. The van der Waals surface area contributed by atoms with Crippen LogP contribution in [0.15, 0.2) is 18.2 Å². The monoisotopic (exact) mass is 379 g/mol. The molecule has 1 fully saturated rings. The first-order chi connectivity index (χ1) is 12.8. The Morgan fingerprint density at radius 1 is 1.07 bits per heavy atom. The van der Waals surface area contributed by atoms with E-state index in [0.717, 1.165) is 24.7 Å². The number of hydrogen-bond donors (Lipinski definition) is 2. The van der Waals surface area contributed by atoms with Crippen LogP contribution in [0.3, 0.4) is 0 Å². The largest absolute Gasteiger partial charge is 0.493 e. The van der Waals surface area contributed by atoms with Crippen LogP contribution in [-0.4, -0.2) is 53.3 Å². The summed E-state index contributed by atoms with van der Waals surface area (Å²) in [6.07, 6.45) is 6.52. The lowest BCUT2D eigenvalue weighted by atomic mass is 9.99.